The Balaban J connectivity index is 2.46. The van der Waals surface area contributed by atoms with E-state index in [4.69, 9.17) is 10.5 Å². The molecule has 0 aromatic heterocycles. The Morgan fingerprint density at radius 2 is 2.20 bits per heavy atom. The molecule has 0 radical (unpaired) electrons. The van der Waals surface area contributed by atoms with Crippen molar-refractivity contribution in [2.75, 3.05) is 19.7 Å². The van der Waals surface area contributed by atoms with Gasteiger partial charge in [-0.15, -0.1) is 0 Å². The fourth-order valence-corrected chi connectivity index (χ4v) is 2.32. The Morgan fingerprint density at radius 1 is 1.47 bits per heavy atom. The summed E-state index contributed by atoms with van der Waals surface area (Å²) in [5, 5.41) is 0. The normalized spacial score (nSPS) is 27.6. The summed E-state index contributed by atoms with van der Waals surface area (Å²) in [7, 11) is 0. The Bertz CT molecular complexity index is 173. The third kappa shape index (κ3) is 3.74. The highest BCUT2D eigenvalue weighted by atomic mass is 16.5. The monoisotopic (exact) mass is 214 g/mol. The molecule has 0 spiro atoms. The zero-order valence-corrected chi connectivity index (χ0v) is 10.4. The molecule has 1 aliphatic rings. The van der Waals surface area contributed by atoms with Crippen molar-refractivity contribution in [3.8, 4) is 0 Å². The van der Waals surface area contributed by atoms with E-state index in [1.807, 2.05) is 6.92 Å². The van der Waals surface area contributed by atoms with E-state index < -0.39 is 0 Å². The summed E-state index contributed by atoms with van der Waals surface area (Å²) in [5.41, 5.74) is 5.89. The van der Waals surface area contributed by atoms with Crippen molar-refractivity contribution in [2.24, 2.45) is 5.73 Å². The topological polar surface area (TPSA) is 38.5 Å². The summed E-state index contributed by atoms with van der Waals surface area (Å²) < 4.78 is 5.68. The predicted octanol–water partition coefficient (Wildman–Crippen LogP) is 1.61. The minimum Gasteiger partial charge on any atom is -0.374 e. The van der Waals surface area contributed by atoms with Crippen LogP contribution in [0.4, 0.5) is 0 Å². The molecule has 1 rings (SSSR count). The zero-order chi connectivity index (χ0) is 11.3. The van der Waals surface area contributed by atoms with E-state index in [-0.39, 0.29) is 12.1 Å². The lowest BCUT2D eigenvalue weighted by molar-refractivity contribution is -0.0531. The third-order valence-corrected chi connectivity index (χ3v) is 3.32. The third-order valence-electron chi connectivity index (χ3n) is 3.32. The van der Waals surface area contributed by atoms with Crippen LogP contribution in [0.3, 0.4) is 0 Å². The molecule has 3 nitrogen and oxygen atoms in total. The van der Waals surface area contributed by atoms with Crippen LogP contribution in [0.1, 0.15) is 40.0 Å². The van der Waals surface area contributed by atoms with Gasteiger partial charge in [-0.1, -0.05) is 20.3 Å². The second-order valence-corrected chi connectivity index (χ2v) is 4.61. The van der Waals surface area contributed by atoms with E-state index in [1.54, 1.807) is 0 Å². The van der Waals surface area contributed by atoms with Gasteiger partial charge in [-0.2, -0.15) is 0 Å². The molecule has 1 saturated heterocycles. The number of nitrogens with zero attached hydrogens (tertiary/aromatic N) is 1. The number of ether oxygens (including phenoxy) is 1. The Kier molecular flexibility index (Phi) is 5.58. The van der Waals surface area contributed by atoms with Crippen molar-refractivity contribution >= 4 is 0 Å². The number of morpholine rings is 1. The molecule has 1 aliphatic heterocycles. The standard InChI is InChI=1S/C12H26N2O/c1-4-6-11(5-2)14-7-8-15-12(9-14)10(3)13/h10-12H,4-9,13H2,1-3H3. The van der Waals surface area contributed by atoms with E-state index in [0.717, 1.165) is 25.7 Å². The predicted molar refractivity (Wildman–Crippen MR) is 63.9 cm³/mol. The number of nitrogens with two attached hydrogens (primary N) is 1. The maximum Gasteiger partial charge on any atom is 0.0850 e. The zero-order valence-electron chi connectivity index (χ0n) is 10.4. The van der Waals surface area contributed by atoms with Crippen molar-refractivity contribution < 1.29 is 4.74 Å². The molecule has 1 heterocycles. The van der Waals surface area contributed by atoms with Gasteiger partial charge in [-0.25, -0.2) is 0 Å². The minimum absolute atomic E-state index is 0.145. The summed E-state index contributed by atoms with van der Waals surface area (Å²) in [4.78, 5) is 2.56. The van der Waals surface area contributed by atoms with Crippen LogP contribution in [0, 0.1) is 0 Å². The fraction of sp³-hybridized carbons (Fsp3) is 1.00. The molecule has 0 aromatic carbocycles. The number of hydrogen-bond donors (Lipinski definition) is 1. The molecule has 0 aromatic rings. The van der Waals surface area contributed by atoms with Crippen LogP contribution in [-0.4, -0.2) is 42.8 Å². The minimum atomic E-state index is 0.145. The summed E-state index contributed by atoms with van der Waals surface area (Å²) in [6.07, 6.45) is 4.02. The first-order chi connectivity index (χ1) is 7.19. The van der Waals surface area contributed by atoms with Gasteiger partial charge in [-0.05, 0) is 19.8 Å². The molecule has 3 heteroatoms. The second-order valence-electron chi connectivity index (χ2n) is 4.61. The average Bonchev–Trinajstić information content (AvgIpc) is 2.26. The maximum absolute atomic E-state index is 5.89. The van der Waals surface area contributed by atoms with Crippen LogP contribution in [0.25, 0.3) is 0 Å². The van der Waals surface area contributed by atoms with Crippen molar-refractivity contribution in [2.45, 2.75) is 58.2 Å². The van der Waals surface area contributed by atoms with Crippen LogP contribution in [0.5, 0.6) is 0 Å². The van der Waals surface area contributed by atoms with E-state index >= 15 is 0 Å². The van der Waals surface area contributed by atoms with E-state index in [9.17, 15) is 0 Å². The Labute approximate surface area is 94.0 Å². The van der Waals surface area contributed by atoms with Crippen LogP contribution in [0.15, 0.2) is 0 Å². The van der Waals surface area contributed by atoms with Crippen molar-refractivity contribution in [3.05, 3.63) is 0 Å². The van der Waals surface area contributed by atoms with E-state index in [0.29, 0.717) is 0 Å². The van der Waals surface area contributed by atoms with Crippen LogP contribution < -0.4 is 5.73 Å². The van der Waals surface area contributed by atoms with Gasteiger partial charge in [0.25, 0.3) is 0 Å². The highest BCUT2D eigenvalue weighted by Crippen LogP contribution is 2.16. The first-order valence-corrected chi connectivity index (χ1v) is 6.30. The lowest BCUT2D eigenvalue weighted by Crippen LogP contribution is -2.52. The summed E-state index contributed by atoms with van der Waals surface area (Å²) >= 11 is 0. The van der Waals surface area contributed by atoms with Gasteiger partial charge in [0.2, 0.25) is 0 Å². The van der Waals surface area contributed by atoms with Crippen LogP contribution in [-0.2, 0) is 4.74 Å². The average molecular weight is 214 g/mol. The molecule has 0 bridgehead atoms. The quantitative estimate of drug-likeness (QED) is 0.755. The van der Waals surface area contributed by atoms with E-state index in [1.165, 1.54) is 19.3 Å². The largest absolute Gasteiger partial charge is 0.374 e. The Hall–Kier alpha value is -0.120. The van der Waals surface area contributed by atoms with Gasteiger partial charge in [0, 0.05) is 25.2 Å². The smallest absolute Gasteiger partial charge is 0.0850 e. The molecule has 3 atom stereocenters. The SMILES string of the molecule is CCCC(CC)N1CCOC(C(C)N)C1. The van der Waals surface area contributed by atoms with Crippen LogP contribution >= 0.6 is 0 Å². The molecular weight excluding hydrogens is 188 g/mol. The highest BCUT2D eigenvalue weighted by molar-refractivity contribution is 4.81. The van der Waals surface area contributed by atoms with Crippen molar-refractivity contribution in [1.82, 2.24) is 4.90 Å². The summed E-state index contributed by atoms with van der Waals surface area (Å²) in [6, 6.07) is 0.868. The van der Waals surface area contributed by atoms with Crippen molar-refractivity contribution in [3.63, 3.8) is 0 Å². The highest BCUT2D eigenvalue weighted by Gasteiger charge is 2.26. The molecule has 1 fully saturated rings. The van der Waals surface area contributed by atoms with Gasteiger partial charge in [-0.3, -0.25) is 4.90 Å². The number of hydrogen-bond acceptors (Lipinski definition) is 3. The summed E-state index contributed by atoms with van der Waals surface area (Å²) in [6.45, 7) is 9.49. The van der Waals surface area contributed by atoms with Gasteiger partial charge in [0.1, 0.15) is 0 Å². The summed E-state index contributed by atoms with van der Waals surface area (Å²) in [5.74, 6) is 0. The molecular formula is C12H26N2O. The van der Waals surface area contributed by atoms with E-state index in [2.05, 4.69) is 18.7 Å². The van der Waals surface area contributed by atoms with Crippen molar-refractivity contribution in [1.29, 1.82) is 0 Å². The maximum atomic E-state index is 5.89. The van der Waals surface area contributed by atoms with Gasteiger partial charge >= 0.3 is 0 Å². The molecule has 3 unspecified atom stereocenters. The first-order valence-electron chi connectivity index (χ1n) is 6.30. The fourth-order valence-electron chi connectivity index (χ4n) is 2.32. The van der Waals surface area contributed by atoms with Gasteiger partial charge < -0.3 is 10.5 Å². The molecule has 0 saturated carbocycles. The first kappa shape index (κ1) is 12.9. The van der Waals surface area contributed by atoms with Gasteiger partial charge in [0.05, 0.1) is 12.7 Å². The lowest BCUT2D eigenvalue weighted by Gasteiger charge is -2.39. The molecule has 2 N–H and O–H groups in total. The van der Waals surface area contributed by atoms with Crippen LogP contribution in [0.2, 0.25) is 0 Å². The second kappa shape index (κ2) is 6.46. The molecule has 90 valence electrons. The van der Waals surface area contributed by atoms with Gasteiger partial charge in [0.15, 0.2) is 0 Å². The number of rotatable bonds is 5. The molecule has 0 amide bonds. The molecule has 15 heavy (non-hydrogen) atoms. The molecule has 0 aliphatic carbocycles. The lowest BCUT2D eigenvalue weighted by atomic mass is 10.0. The Morgan fingerprint density at radius 3 is 2.73 bits per heavy atom.